The number of unbranched alkanes of at least 4 members (excludes halogenated alkanes) is 3. The number of aliphatic hydroxyl groups excluding tert-OH is 1. The van der Waals surface area contributed by atoms with Crippen LogP contribution in [0.2, 0.25) is 19.6 Å². The number of hydrogen-bond donors (Lipinski definition) is 2. The third-order valence-electron chi connectivity index (χ3n) is 2.95. The van der Waals surface area contributed by atoms with Crippen LogP contribution in [0.4, 0.5) is 0 Å². The van der Waals surface area contributed by atoms with Gasteiger partial charge in [0.1, 0.15) is 0 Å². The maximum Gasteiger partial charge on any atom is 0.0847 e. The molecule has 0 saturated carbocycles. The highest BCUT2D eigenvalue weighted by atomic mass is 28.3. The largest absolute Gasteiger partial charge is 0.394 e. The molecule has 0 aromatic rings. The summed E-state index contributed by atoms with van der Waals surface area (Å²) in [6.45, 7) is 10.2. The van der Waals surface area contributed by atoms with E-state index in [9.17, 15) is 10.2 Å². The lowest BCUT2D eigenvalue weighted by atomic mass is 9.99. The van der Waals surface area contributed by atoms with E-state index in [0.29, 0.717) is 0 Å². The monoisotopic (exact) mass is 232 g/mol. The van der Waals surface area contributed by atoms with E-state index in [1.54, 1.807) is 6.92 Å². The molecule has 0 aliphatic rings. The van der Waals surface area contributed by atoms with Crippen molar-refractivity contribution >= 4 is 8.07 Å². The highest BCUT2D eigenvalue weighted by molar-refractivity contribution is 6.77. The van der Waals surface area contributed by atoms with Crippen LogP contribution in [-0.4, -0.2) is 29.6 Å². The predicted octanol–water partition coefficient (Wildman–Crippen LogP) is 2.95. The zero-order chi connectivity index (χ0) is 12.1. The molecule has 3 heteroatoms. The van der Waals surface area contributed by atoms with Gasteiger partial charge in [-0.05, 0) is 13.3 Å². The Morgan fingerprint density at radius 2 is 1.67 bits per heavy atom. The van der Waals surface area contributed by atoms with Gasteiger partial charge in [-0.3, -0.25) is 0 Å². The van der Waals surface area contributed by atoms with Crippen LogP contribution in [0.1, 0.15) is 46.0 Å². The Bertz CT molecular complexity index is 173. The molecular weight excluding hydrogens is 204 g/mol. The van der Waals surface area contributed by atoms with E-state index in [1.807, 2.05) is 0 Å². The van der Waals surface area contributed by atoms with Gasteiger partial charge < -0.3 is 10.2 Å². The maximum atomic E-state index is 10.2. The van der Waals surface area contributed by atoms with Crippen molar-refractivity contribution in [1.82, 2.24) is 0 Å². The summed E-state index contributed by atoms with van der Waals surface area (Å²) in [4.78, 5) is 0. The summed E-state index contributed by atoms with van der Waals surface area (Å²) >= 11 is 0. The van der Waals surface area contributed by atoms with Gasteiger partial charge >= 0.3 is 0 Å². The molecule has 0 radical (unpaired) electrons. The number of rotatable bonds is 7. The van der Waals surface area contributed by atoms with E-state index >= 15 is 0 Å². The molecule has 2 atom stereocenters. The molecule has 0 aromatic heterocycles. The van der Waals surface area contributed by atoms with Gasteiger partial charge in [0.25, 0.3) is 0 Å². The molecule has 0 saturated heterocycles. The molecule has 0 fully saturated rings. The fourth-order valence-corrected chi connectivity index (χ4v) is 3.99. The molecule has 0 aliphatic carbocycles. The van der Waals surface area contributed by atoms with Gasteiger partial charge in [0, 0.05) is 0 Å². The van der Waals surface area contributed by atoms with Crippen molar-refractivity contribution in [3.8, 4) is 0 Å². The first kappa shape index (κ1) is 15.1. The Morgan fingerprint density at radius 1 is 1.13 bits per heavy atom. The van der Waals surface area contributed by atoms with Crippen molar-refractivity contribution in [3.05, 3.63) is 0 Å². The smallest absolute Gasteiger partial charge is 0.0847 e. The standard InChI is InChI=1S/C12H28O2Si/c1-6-7-8-9-10-12(2,14)11(13)15(3,4)5/h11,13-14H,6-10H2,1-5H3/t11-,12-/m1/s1. The van der Waals surface area contributed by atoms with Gasteiger partial charge in [0.15, 0.2) is 0 Å². The predicted molar refractivity (Wildman–Crippen MR) is 68.7 cm³/mol. The zero-order valence-electron chi connectivity index (χ0n) is 11.0. The SMILES string of the molecule is CCCCCC[C@@](C)(O)[C@H](O)[Si](C)(C)C. The quantitative estimate of drug-likeness (QED) is 0.523. The zero-order valence-corrected chi connectivity index (χ0v) is 12.0. The van der Waals surface area contributed by atoms with E-state index in [-0.39, 0.29) is 0 Å². The highest BCUT2D eigenvalue weighted by Gasteiger charge is 2.39. The highest BCUT2D eigenvalue weighted by Crippen LogP contribution is 2.25. The third kappa shape index (κ3) is 5.69. The third-order valence-corrected chi connectivity index (χ3v) is 5.21. The molecule has 0 heterocycles. The second kappa shape index (κ2) is 6.02. The minimum Gasteiger partial charge on any atom is -0.394 e. The average molecular weight is 232 g/mol. The van der Waals surface area contributed by atoms with Crippen LogP contribution in [0.5, 0.6) is 0 Å². The molecule has 2 N–H and O–H groups in total. The van der Waals surface area contributed by atoms with E-state index in [4.69, 9.17) is 0 Å². The first-order chi connectivity index (χ1) is 6.72. The van der Waals surface area contributed by atoms with Gasteiger partial charge in [-0.25, -0.2) is 0 Å². The van der Waals surface area contributed by atoms with Crippen molar-refractivity contribution in [2.45, 2.75) is 76.9 Å². The van der Waals surface area contributed by atoms with E-state index in [0.717, 1.165) is 19.3 Å². The van der Waals surface area contributed by atoms with Crippen LogP contribution in [0, 0.1) is 0 Å². The molecule has 0 bridgehead atoms. The number of aliphatic hydroxyl groups is 2. The first-order valence-electron chi connectivity index (χ1n) is 6.12. The van der Waals surface area contributed by atoms with Gasteiger partial charge in [-0.1, -0.05) is 52.2 Å². The van der Waals surface area contributed by atoms with Crippen molar-refractivity contribution in [1.29, 1.82) is 0 Å². The molecule has 0 rings (SSSR count). The Labute approximate surface area is 95.7 Å². The first-order valence-corrected chi connectivity index (χ1v) is 9.70. The lowest BCUT2D eigenvalue weighted by Crippen LogP contribution is -2.53. The molecular formula is C12H28O2Si. The van der Waals surface area contributed by atoms with Crippen LogP contribution >= 0.6 is 0 Å². The Balaban J connectivity index is 4.05. The molecule has 0 aliphatic heterocycles. The van der Waals surface area contributed by atoms with E-state index in [2.05, 4.69) is 26.6 Å². The Kier molecular flexibility index (Phi) is 6.07. The van der Waals surface area contributed by atoms with Gasteiger partial charge in [0.05, 0.1) is 19.4 Å². The van der Waals surface area contributed by atoms with Crippen molar-refractivity contribution < 1.29 is 10.2 Å². The summed E-state index contributed by atoms with van der Waals surface area (Å²) < 4.78 is 0. The topological polar surface area (TPSA) is 40.5 Å². The van der Waals surface area contributed by atoms with Gasteiger partial charge in [-0.15, -0.1) is 0 Å². The fraction of sp³-hybridized carbons (Fsp3) is 1.00. The molecule has 2 nitrogen and oxygen atoms in total. The number of hydrogen-bond acceptors (Lipinski definition) is 2. The summed E-state index contributed by atoms with van der Waals surface area (Å²) in [5, 5.41) is 20.3. The van der Waals surface area contributed by atoms with Gasteiger partial charge in [-0.2, -0.15) is 0 Å². The minimum atomic E-state index is -1.66. The van der Waals surface area contributed by atoms with Crippen LogP contribution in [0.15, 0.2) is 0 Å². The average Bonchev–Trinajstić information content (AvgIpc) is 2.10. The van der Waals surface area contributed by atoms with Crippen LogP contribution in [0.25, 0.3) is 0 Å². The van der Waals surface area contributed by atoms with Crippen LogP contribution in [0.3, 0.4) is 0 Å². The molecule has 0 unspecified atom stereocenters. The fourth-order valence-electron chi connectivity index (χ4n) is 1.98. The molecule has 0 spiro atoms. The van der Waals surface area contributed by atoms with Crippen molar-refractivity contribution in [3.63, 3.8) is 0 Å². The summed E-state index contributed by atoms with van der Waals surface area (Å²) in [5.41, 5.74) is -1.41. The lowest BCUT2D eigenvalue weighted by molar-refractivity contribution is -0.0342. The summed E-state index contributed by atoms with van der Waals surface area (Å²) in [5.74, 6) is 0. The van der Waals surface area contributed by atoms with E-state index in [1.165, 1.54) is 12.8 Å². The summed E-state index contributed by atoms with van der Waals surface area (Å²) in [6.07, 6.45) is 5.32. The minimum absolute atomic E-state index is 0.522. The summed E-state index contributed by atoms with van der Waals surface area (Å²) in [6, 6.07) is 0. The lowest BCUT2D eigenvalue weighted by Gasteiger charge is -2.36. The second-order valence-corrected chi connectivity index (χ2v) is 11.2. The maximum absolute atomic E-state index is 10.2. The normalized spacial score (nSPS) is 18.6. The Hall–Kier alpha value is 0.137. The molecule has 0 amide bonds. The molecule has 15 heavy (non-hydrogen) atoms. The van der Waals surface area contributed by atoms with Crippen molar-refractivity contribution in [2.24, 2.45) is 0 Å². The van der Waals surface area contributed by atoms with E-state index < -0.39 is 19.4 Å². The van der Waals surface area contributed by atoms with Crippen LogP contribution in [-0.2, 0) is 0 Å². The summed E-state index contributed by atoms with van der Waals surface area (Å²) in [7, 11) is -1.66. The Morgan fingerprint density at radius 3 is 2.07 bits per heavy atom. The molecule has 92 valence electrons. The van der Waals surface area contributed by atoms with Crippen molar-refractivity contribution in [2.75, 3.05) is 0 Å². The second-order valence-electron chi connectivity index (χ2n) is 5.94. The van der Waals surface area contributed by atoms with Crippen LogP contribution < -0.4 is 0 Å². The van der Waals surface area contributed by atoms with Gasteiger partial charge in [0.2, 0.25) is 0 Å². The molecule has 0 aromatic carbocycles.